The van der Waals surface area contributed by atoms with Crippen LogP contribution in [0.3, 0.4) is 0 Å². The third kappa shape index (κ3) is 2.29. The normalized spacial score (nSPS) is 11.9. The summed E-state index contributed by atoms with van der Waals surface area (Å²) >= 11 is 1.66. The predicted molar refractivity (Wildman–Crippen MR) is 82.2 cm³/mol. The lowest BCUT2D eigenvalue weighted by atomic mass is 10.1. The van der Waals surface area contributed by atoms with Gasteiger partial charge in [0.2, 0.25) is 0 Å². The van der Waals surface area contributed by atoms with Gasteiger partial charge in [-0.25, -0.2) is 0 Å². The summed E-state index contributed by atoms with van der Waals surface area (Å²) in [5.74, 6) is 0. The molecule has 0 saturated heterocycles. The van der Waals surface area contributed by atoms with Gasteiger partial charge < -0.3 is 0 Å². The van der Waals surface area contributed by atoms with Crippen LogP contribution in [0.5, 0.6) is 0 Å². The average molecular weight is 256 g/mol. The summed E-state index contributed by atoms with van der Waals surface area (Å²) in [5.41, 5.74) is 2.04. The van der Waals surface area contributed by atoms with Crippen molar-refractivity contribution in [3.05, 3.63) is 56.6 Å². The Morgan fingerprint density at radius 2 is 1.83 bits per heavy atom. The van der Waals surface area contributed by atoms with Crippen molar-refractivity contribution in [2.24, 2.45) is 0 Å². The molecule has 0 aliphatic rings. The number of benzene rings is 1. The summed E-state index contributed by atoms with van der Waals surface area (Å²) in [6, 6.07) is 6.05. The van der Waals surface area contributed by atoms with Crippen LogP contribution < -0.4 is 5.43 Å². The molecule has 0 unspecified atom stereocenters. The second-order valence-electron chi connectivity index (χ2n) is 4.21. The smallest absolute Gasteiger partial charge is 0.195 e. The van der Waals surface area contributed by atoms with Crippen molar-refractivity contribution < 1.29 is 0 Å². The highest BCUT2D eigenvalue weighted by molar-refractivity contribution is 7.19. The minimum Gasteiger partial charge on any atom is -0.289 e. The van der Waals surface area contributed by atoms with Gasteiger partial charge in [0.05, 0.1) is 0 Å². The van der Waals surface area contributed by atoms with E-state index in [0.717, 1.165) is 26.1 Å². The Morgan fingerprint density at radius 1 is 1.11 bits per heavy atom. The molecule has 0 amide bonds. The molecule has 1 nitrogen and oxygen atoms in total. The van der Waals surface area contributed by atoms with E-state index in [2.05, 4.69) is 0 Å². The van der Waals surface area contributed by atoms with Crippen LogP contribution in [0.1, 0.15) is 29.9 Å². The first-order chi connectivity index (χ1) is 8.67. The fourth-order valence-electron chi connectivity index (χ4n) is 1.94. The van der Waals surface area contributed by atoms with Crippen LogP contribution in [0, 0.1) is 6.92 Å². The van der Waals surface area contributed by atoms with E-state index in [9.17, 15) is 4.79 Å². The van der Waals surface area contributed by atoms with E-state index < -0.39 is 0 Å². The Bertz CT molecular complexity index is 690. The second kappa shape index (κ2) is 5.32. The molecule has 1 aromatic carbocycles. The molecule has 1 aromatic heterocycles. The monoisotopic (exact) mass is 256 g/mol. The number of hydrogen-bond acceptors (Lipinski definition) is 2. The van der Waals surface area contributed by atoms with Gasteiger partial charge in [-0.15, -0.1) is 11.3 Å². The maximum atomic E-state index is 12.5. The summed E-state index contributed by atoms with van der Waals surface area (Å²) < 4.78 is 1.05. The van der Waals surface area contributed by atoms with Crippen molar-refractivity contribution >= 4 is 33.6 Å². The molecule has 0 spiro atoms. The maximum Gasteiger partial charge on any atom is 0.195 e. The molecule has 0 fully saturated rings. The summed E-state index contributed by atoms with van der Waals surface area (Å²) in [7, 11) is 0. The molecular weight excluding hydrogens is 240 g/mol. The highest BCUT2D eigenvalue weighted by atomic mass is 32.1. The first kappa shape index (κ1) is 12.8. The van der Waals surface area contributed by atoms with Gasteiger partial charge in [-0.2, -0.15) is 0 Å². The van der Waals surface area contributed by atoms with E-state index in [0.29, 0.717) is 0 Å². The molecule has 0 bridgehead atoms. The van der Waals surface area contributed by atoms with Gasteiger partial charge in [0.15, 0.2) is 5.43 Å². The third-order valence-corrected chi connectivity index (χ3v) is 3.91. The Kier molecular flexibility index (Phi) is 3.78. The van der Waals surface area contributed by atoms with E-state index in [4.69, 9.17) is 0 Å². The first-order valence-corrected chi connectivity index (χ1v) is 6.82. The number of rotatable bonds is 2. The molecule has 92 valence electrons. The minimum absolute atomic E-state index is 0.124. The van der Waals surface area contributed by atoms with Gasteiger partial charge in [-0.1, -0.05) is 29.9 Å². The van der Waals surface area contributed by atoms with Crippen molar-refractivity contribution in [2.45, 2.75) is 20.8 Å². The van der Waals surface area contributed by atoms with Gasteiger partial charge in [0.1, 0.15) is 0 Å². The maximum absolute atomic E-state index is 12.5. The zero-order valence-electron chi connectivity index (χ0n) is 10.9. The van der Waals surface area contributed by atoms with Crippen LogP contribution in [0.2, 0.25) is 0 Å². The van der Waals surface area contributed by atoms with E-state index in [1.165, 1.54) is 0 Å². The molecule has 0 N–H and O–H groups in total. The molecule has 18 heavy (non-hydrogen) atoms. The summed E-state index contributed by atoms with van der Waals surface area (Å²) in [5, 5.41) is 0.821. The van der Waals surface area contributed by atoms with Crippen LogP contribution in [0.25, 0.3) is 22.2 Å². The SMILES string of the molecule is C/C=C\c1sc2ccc(C)cc2c(=O)c1/C=C\C. The Morgan fingerprint density at radius 3 is 2.50 bits per heavy atom. The number of fused-ring (bicyclic) bond motifs is 1. The predicted octanol–water partition coefficient (Wildman–Crippen LogP) is 4.64. The number of hydrogen-bond donors (Lipinski definition) is 0. The van der Waals surface area contributed by atoms with Crippen molar-refractivity contribution in [1.82, 2.24) is 0 Å². The van der Waals surface area contributed by atoms with Crippen LogP contribution in [-0.2, 0) is 0 Å². The Labute approximate surface area is 111 Å². The first-order valence-electron chi connectivity index (χ1n) is 6.00. The number of aryl methyl sites for hydroxylation is 1. The Balaban J connectivity index is 2.90. The van der Waals surface area contributed by atoms with E-state index in [1.807, 2.05) is 63.3 Å². The fourth-order valence-corrected chi connectivity index (χ4v) is 3.05. The molecule has 0 aliphatic heterocycles. The minimum atomic E-state index is 0.124. The molecule has 2 heteroatoms. The zero-order chi connectivity index (χ0) is 13.1. The highest BCUT2D eigenvalue weighted by Gasteiger charge is 2.08. The second-order valence-corrected chi connectivity index (χ2v) is 5.29. The molecule has 0 radical (unpaired) electrons. The van der Waals surface area contributed by atoms with E-state index in [1.54, 1.807) is 11.3 Å². The van der Waals surface area contributed by atoms with Gasteiger partial charge >= 0.3 is 0 Å². The molecule has 1 heterocycles. The lowest BCUT2D eigenvalue weighted by molar-refractivity contribution is 1.50. The van der Waals surface area contributed by atoms with Crippen molar-refractivity contribution in [3.8, 4) is 0 Å². The van der Waals surface area contributed by atoms with Crippen LogP contribution in [0.15, 0.2) is 35.1 Å². The molecule has 2 aromatic rings. The summed E-state index contributed by atoms with van der Waals surface area (Å²) in [6.45, 7) is 5.92. The van der Waals surface area contributed by atoms with E-state index in [-0.39, 0.29) is 5.43 Å². The lowest BCUT2D eigenvalue weighted by Gasteiger charge is -2.04. The quantitative estimate of drug-likeness (QED) is 0.765. The van der Waals surface area contributed by atoms with Gasteiger partial charge in [-0.05, 0) is 39.0 Å². The van der Waals surface area contributed by atoms with Gasteiger partial charge in [0, 0.05) is 20.5 Å². The van der Waals surface area contributed by atoms with Crippen molar-refractivity contribution in [3.63, 3.8) is 0 Å². The largest absolute Gasteiger partial charge is 0.289 e. The van der Waals surface area contributed by atoms with Crippen LogP contribution in [-0.4, -0.2) is 0 Å². The fraction of sp³-hybridized carbons (Fsp3) is 0.188. The van der Waals surface area contributed by atoms with Crippen molar-refractivity contribution in [2.75, 3.05) is 0 Å². The molecule has 2 rings (SSSR count). The molecule has 0 saturated carbocycles. The van der Waals surface area contributed by atoms with Crippen LogP contribution in [0.4, 0.5) is 0 Å². The Hall–Kier alpha value is -1.67. The molecule has 0 atom stereocenters. The van der Waals surface area contributed by atoms with Gasteiger partial charge in [0.25, 0.3) is 0 Å². The standard InChI is InChI=1S/C16H16OS/c1-4-6-12-14(7-5-2)18-15-9-8-11(3)10-13(15)16(12)17/h4-10H,1-3H3/b6-4-,7-5-. The summed E-state index contributed by atoms with van der Waals surface area (Å²) in [6.07, 6.45) is 7.78. The topological polar surface area (TPSA) is 17.1 Å². The molecule has 0 aliphatic carbocycles. The summed E-state index contributed by atoms with van der Waals surface area (Å²) in [4.78, 5) is 13.5. The van der Waals surface area contributed by atoms with Crippen LogP contribution >= 0.6 is 11.3 Å². The number of allylic oxidation sites excluding steroid dienone is 2. The highest BCUT2D eigenvalue weighted by Crippen LogP contribution is 2.25. The van der Waals surface area contributed by atoms with Crippen molar-refractivity contribution in [1.29, 1.82) is 0 Å². The molecular formula is C16H16OS. The average Bonchev–Trinajstić information content (AvgIpc) is 2.35. The third-order valence-electron chi connectivity index (χ3n) is 2.76. The zero-order valence-corrected chi connectivity index (χ0v) is 11.7. The lowest BCUT2D eigenvalue weighted by Crippen LogP contribution is -2.06. The van der Waals surface area contributed by atoms with E-state index >= 15 is 0 Å². The van der Waals surface area contributed by atoms with Gasteiger partial charge in [-0.3, -0.25) is 4.79 Å².